The maximum atomic E-state index is 13.8. The number of halogens is 2. The van der Waals surface area contributed by atoms with Gasteiger partial charge in [0, 0.05) is 6.54 Å². The van der Waals surface area contributed by atoms with Gasteiger partial charge in [0.2, 0.25) is 0 Å². The number of benzene rings is 1. The highest BCUT2D eigenvalue weighted by Gasteiger charge is 2.17. The third kappa shape index (κ3) is 2.22. The van der Waals surface area contributed by atoms with Gasteiger partial charge in [-0.15, -0.1) is 0 Å². The van der Waals surface area contributed by atoms with Gasteiger partial charge in [0.05, 0.1) is 5.69 Å². The van der Waals surface area contributed by atoms with Gasteiger partial charge in [-0.25, -0.2) is 14.4 Å². The zero-order valence-electron chi connectivity index (χ0n) is 9.77. The Bertz CT molecular complexity index is 562. The normalized spacial score (nSPS) is 10.4. The fourth-order valence-electron chi connectivity index (χ4n) is 1.67. The van der Waals surface area contributed by atoms with Crippen LogP contribution >= 0.6 is 11.6 Å². The summed E-state index contributed by atoms with van der Waals surface area (Å²) in [6.07, 6.45) is 1.31. The molecule has 0 saturated carbocycles. The highest BCUT2D eigenvalue weighted by atomic mass is 35.5. The van der Waals surface area contributed by atoms with Crippen LogP contribution in [-0.4, -0.2) is 16.5 Å². The molecule has 6 heteroatoms. The van der Waals surface area contributed by atoms with Crippen molar-refractivity contribution in [3.63, 3.8) is 0 Å². The van der Waals surface area contributed by atoms with Gasteiger partial charge in [-0.1, -0.05) is 23.7 Å². The van der Waals surface area contributed by atoms with E-state index < -0.39 is 0 Å². The predicted octanol–water partition coefficient (Wildman–Crippen LogP) is 3.01. The topological polar surface area (TPSA) is 55.0 Å². The maximum Gasteiger partial charge on any atom is 0.157 e. The first-order valence-corrected chi connectivity index (χ1v) is 5.81. The molecule has 0 unspecified atom stereocenters. The van der Waals surface area contributed by atoms with Crippen LogP contribution < -0.4 is 10.6 Å². The summed E-state index contributed by atoms with van der Waals surface area (Å²) in [5.74, 6) is 0.237. The molecule has 1 heterocycles. The van der Waals surface area contributed by atoms with E-state index in [4.69, 9.17) is 17.3 Å². The van der Waals surface area contributed by atoms with Crippen molar-refractivity contribution in [3.05, 3.63) is 41.4 Å². The van der Waals surface area contributed by atoms with Crippen LogP contribution in [-0.2, 0) is 0 Å². The highest BCUT2D eigenvalue weighted by molar-refractivity contribution is 6.35. The Hall–Kier alpha value is -1.88. The van der Waals surface area contributed by atoms with Gasteiger partial charge in [-0.05, 0) is 19.1 Å². The van der Waals surface area contributed by atoms with Gasteiger partial charge in [-0.3, -0.25) is 0 Å². The van der Waals surface area contributed by atoms with Crippen LogP contribution in [0.15, 0.2) is 30.6 Å². The van der Waals surface area contributed by atoms with Crippen molar-refractivity contribution < 1.29 is 4.39 Å². The molecule has 0 radical (unpaired) electrons. The number of hydrogen-bond donors (Lipinski definition) is 1. The first kappa shape index (κ1) is 12.6. The summed E-state index contributed by atoms with van der Waals surface area (Å²) >= 11 is 6.05. The van der Waals surface area contributed by atoms with Crippen molar-refractivity contribution in [2.45, 2.75) is 6.92 Å². The van der Waals surface area contributed by atoms with E-state index in [2.05, 4.69) is 9.97 Å². The van der Waals surface area contributed by atoms with Crippen LogP contribution in [0, 0.1) is 5.82 Å². The number of nitrogens with zero attached hydrogens (tertiary/aromatic N) is 3. The van der Waals surface area contributed by atoms with Crippen molar-refractivity contribution in [3.8, 4) is 0 Å². The molecule has 0 saturated heterocycles. The molecule has 2 N–H and O–H groups in total. The molecule has 2 rings (SSSR count). The molecule has 2 aromatic rings. The van der Waals surface area contributed by atoms with Gasteiger partial charge in [0.15, 0.2) is 5.82 Å². The van der Waals surface area contributed by atoms with Gasteiger partial charge in [0.25, 0.3) is 0 Å². The third-order valence-corrected chi connectivity index (χ3v) is 2.88. The minimum absolute atomic E-state index is 0.177. The molecule has 18 heavy (non-hydrogen) atoms. The molecule has 0 bridgehead atoms. The van der Waals surface area contributed by atoms with E-state index in [-0.39, 0.29) is 16.7 Å². The standard InChI is InChI=1S/C12H12ClFN4/c1-2-18(9-6-4-3-5-8(9)14)12-10(13)11(15)16-7-17-12/h3-7H,2H2,1H3,(H2,15,16,17). The Labute approximate surface area is 109 Å². The lowest BCUT2D eigenvalue weighted by atomic mass is 10.2. The Kier molecular flexibility index (Phi) is 3.62. The fourth-order valence-corrected chi connectivity index (χ4v) is 1.87. The van der Waals surface area contributed by atoms with E-state index in [0.29, 0.717) is 18.1 Å². The Morgan fingerprint density at radius 3 is 2.72 bits per heavy atom. The lowest BCUT2D eigenvalue weighted by molar-refractivity contribution is 0.625. The van der Waals surface area contributed by atoms with Crippen molar-refractivity contribution in [2.24, 2.45) is 0 Å². The monoisotopic (exact) mass is 266 g/mol. The van der Waals surface area contributed by atoms with E-state index >= 15 is 0 Å². The summed E-state index contributed by atoms with van der Waals surface area (Å²) < 4.78 is 13.8. The molecule has 1 aromatic heterocycles. The van der Waals surface area contributed by atoms with E-state index in [1.165, 1.54) is 12.4 Å². The number of rotatable bonds is 3. The van der Waals surface area contributed by atoms with Gasteiger partial charge in [-0.2, -0.15) is 0 Å². The largest absolute Gasteiger partial charge is 0.382 e. The molecule has 0 aliphatic heterocycles. The summed E-state index contributed by atoms with van der Waals surface area (Å²) in [5.41, 5.74) is 6.03. The quantitative estimate of drug-likeness (QED) is 0.928. The molecular weight excluding hydrogens is 255 g/mol. The maximum absolute atomic E-state index is 13.8. The van der Waals surface area contributed by atoms with E-state index in [0.717, 1.165) is 0 Å². The Morgan fingerprint density at radius 1 is 1.33 bits per heavy atom. The molecule has 0 atom stereocenters. The number of nitrogens with two attached hydrogens (primary N) is 1. The first-order chi connectivity index (χ1) is 8.65. The number of anilines is 3. The van der Waals surface area contributed by atoms with Gasteiger partial charge in [0.1, 0.15) is 23.0 Å². The average Bonchev–Trinajstić information content (AvgIpc) is 2.37. The smallest absolute Gasteiger partial charge is 0.157 e. The van der Waals surface area contributed by atoms with E-state index in [1.807, 2.05) is 6.92 Å². The second kappa shape index (κ2) is 5.18. The van der Waals surface area contributed by atoms with Crippen molar-refractivity contribution in [1.29, 1.82) is 0 Å². The number of para-hydroxylation sites is 1. The van der Waals surface area contributed by atoms with Crippen LogP contribution in [0.25, 0.3) is 0 Å². The van der Waals surface area contributed by atoms with Crippen LogP contribution in [0.4, 0.5) is 21.7 Å². The Balaban J connectivity index is 2.53. The van der Waals surface area contributed by atoms with E-state index in [1.54, 1.807) is 23.1 Å². The molecule has 0 spiro atoms. The summed E-state index contributed by atoms with van der Waals surface area (Å²) in [7, 11) is 0. The van der Waals surface area contributed by atoms with Gasteiger partial charge >= 0.3 is 0 Å². The summed E-state index contributed by atoms with van der Waals surface area (Å²) in [6, 6.07) is 6.42. The lowest BCUT2D eigenvalue weighted by Gasteiger charge is -2.23. The second-order valence-electron chi connectivity index (χ2n) is 3.59. The van der Waals surface area contributed by atoms with Crippen molar-refractivity contribution >= 4 is 28.9 Å². The van der Waals surface area contributed by atoms with Gasteiger partial charge < -0.3 is 10.6 Å². The van der Waals surface area contributed by atoms with Crippen LogP contribution in [0.5, 0.6) is 0 Å². The number of hydrogen-bond acceptors (Lipinski definition) is 4. The second-order valence-corrected chi connectivity index (χ2v) is 3.97. The zero-order valence-corrected chi connectivity index (χ0v) is 10.5. The minimum Gasteiger partial charge on any atom is -0.382 e. The fraction of sp³-hybridized carbons (Fsp3) is 0.167. The third-order valence-electron chi connectivity index (χ3n) is 2.51. The lowest BCUT2D eigenvalue weighted by Crippen LogP contribution is -2.19. The molecular formula is C12H12ClFN4. The molecule has 0 amide bonds. The van der Waals surface area contributed by atoms with Crippen LogP contribution in [0.1, 0.15) is 6.92 Å². The molecule has 4 nitrogen and oxygen atoms in total. The Morgan fingerprint density at radius 2 is 2.06 bits per heavy atom. The highest BCUT2D eigenvalue weighted by Crippen LogP contribution is 2.33. The molecule has 94 valence electrons. The average molecular weight is 267 g/mol. The predicted molar refractivity (Wildman–Crippen MR) is 70.5 cm³/mol. The van der Waals surface area contributed by atoms with Crippen LogP contribution in [0.2, 0.25) is 5.02 Å². The molecule has 0 aliphatic carbocycles. The molecule has 1 aromatic carbocycles. The number of nitrogen functional groups attached to an aromatic ring is 1. The first-order valence-electron chi connectivity index (χ1n) is 5.43. The molecule has 0 fully saturated rings. The number of aromatic nitrogens is 2. The SMILES string of the molecule is CCN(c1ccccc1F)c1ncnc(N)c1Cl. The van der Waals surface area contributed by atoms with Crippen LogP contribution in [0.3, 0.4) is 0 Å². The molecule has 0 aliphatic rings. The van der Waals surface area contributed by atoms with Crippen molar-refractivity contribution in [1.82, 2.24) is 9.97 Å². The summed E-state index contributed by atoms with van der Waals surface area (Å²) in [6.45, 7) is 2.39. The van der Waals surface area contributed by atoms with E-state index in [9.17, 15) is 4.39 Å². The summed E-state index contributed by atoms with van der Waals surface area (Å²) in [5, 5.41) is 0.225. The zero-order chi connectivity index (χ0) is 13.1. The minimum atomic E-state index is -0.340. The van der Waals surface area contributed by atoms with Crippen molar-refractivity contribution in [2.75, 3.05) is 17.2 Å². The summed E-state index contributed by atoms with van der Waals surface area (Å²) in [4.78, 5) is 9.50.